The number of rotatable bonds is 5. The smallest absolute Gasteiger partial charge is 0.146 e. The van der Waals surface area contributed by atoms with E-state index >= 15 is 0 Å². The van der Waals surface area contributed by atoms with E-state index < -0.39 is 8.07 Å². The molecule has 2 aromatic rings. The van der Waals surface area contributed by atoms with Crippen molar-refractivity contribution in [3.8, 4) is 17.2 Å². The topological polar surface area (TPSA) is 21.7 Å². The van der Waals surface area contributed by atoms with Gasteiger partial charge in [-0.15, -0.1) is 16.9 Å². The second-order valence-electron chi connectivity index (χ2n) is 8.71. The van der Waals surface area contributed by atoms with Crippen LogP contribution in [0.1, 0.15) is 30.5 Å². The molecule has 1 aromatic carbocycles. The number of hydrogen-bond donors (Lipinski definition) is 0. The van der Waals surface area contributed by atoms with Gasteiger partial charge < -0.3 is 9.47 Å². The summed E-state index contributed by atoms with van der Waals surface area (Å²) in [6.07, 6.45) is 0.612. The Morgan fingerprint density at radius 2 is 1.71 bits per heavy atom. The van der Waals surface area contributed by atoms with Crippen LogP contribution in [0.2, 0.25) is 19.6 Å². The van der Waals surface area contributed by atoms with Crippen LogP contribution in [0, 0.1) is 11.5 Å². The number of hydrogen-bond acceptors (Lipinski definition) is 4. The van der Waals surface area contributed by atoms with Gasteiger partial charge in [0, 0.05) is 30.4 Å². The van der Waals surface area contributed by atoms with E-state index in [0.717, 1.165) is 30.9 Å². The predicted molar refractivity (Wildman–Crippen MR) is 121 cm³/mol. The van der Waals surface area contributed by atoms with E-state index in [0.29, 0.717) is 18.8 Å². The second kappa shape index (κ2) is 9.28. The molecule has 0 unspecified atom stereocenters. The monoisotopic (exact) mass is 413 g/mol. The molecule has 0 N–H and O–H groups in total. The van der Waals surface area contributed by atoms with Crippen LogP contribution >= 0.6 is 11.3 Å². The fourth-order valence-corrected chi connectivity index (χ4v) is 4.52. The summed E-state index contributed by atoms with van der Waals surface area (Å²) in [5, 5.41) is 4.12. The molecule has 2 heterocycles. The molecule has 0 radical (unpaired) electrons. The van der Waals surface area contributed by atoms with Crippen molar-refractivity contribution in [2.45, 2.75) is 58.8 Å². The van der Waals surface area contributed by atoms with E-state index in [1.54, 1.807) is 11.3 Å². The summed E-state index contributed by atoms with van der Waals surface area (Å²) in [6, 6.07) is 8.76. The molecule has 0 amide bonds. The summed E-state index contributed by atoms with van der Waals surface area (Å²) < 4.78 is 11.9. The first-order valence-corrected chi connectivity index (χ1v) is 14.4. The molecule has 0 saturated carbocycles. The van der Waals surface area contributed by atoms with E-state index in [9.17, 15) is 0 Å². The van der Waals surface area contributed by atoms with Crippen molar-refractivity contribution in [1.29, 1.82) is 0 Å². The number of thiophene rings is 1. The maximum absolute atomic E-state index is 6.04. The van der Waals surface area contributed by atoms with E-state index in [-0.39, 0.29) is 0 Å². The van der Waals surface area contributed by atoms with Crippen molar-refractivity contribution in [3.05, 3.63) is 51.7 Å². The molecular formula is C23H31NO2SSi. The average molecular weight is 414 g/mol. The lowest BCUT2D eigenvalue weighted by Crippen LogP contribution is -2.44. The van der Waals surface area contributed by atoms with Crippen LogP contribution in [0.15, 0.2) is 35.0 Å². The first-order chi connectivity index (χ1) is 13.3. The highest BCUT2D eigenvalue weighted by atomic mass is 32.1. The molecule has 1 aliphatic heterocycles. The molecule has 2 atom stereocenters. The Morgan fingerprint density at radius 3 is 2.36 bits per heavy atom. The fourth-order valence-electron chi connectivity index (χ4n) is 3.32. The van der Waals surface area contributed by atoms with Gasteiger partial charge in [0.1, 0.15) is 20.4 Å². The van der Waals surface area contributed by atoms with Gasteiger partial charge in [0.05, 0.1) is 17.8 Å². The molecule has 1 aliphatic rings. The highest BCUT2D eigenvalue weighted by molar-refractivity contribution is 7.08. The van der Waals surface area contributed by atoms with Crippen molar-refractivity contribution in [2.24, 2.45) is 0 Å². The number of morpholine rings is 1. The SMILES string of the molecule is C[C@@H]1CN(Cc2ccc(COc3cscc3C#C[Si](C)(C)C)cc2)C[C@H](C)O1. The van der Waals surface area contributed by atoms with Gasteiger partial charge in [-0.2, -0.15) is 0 Å². The zero-order valence-corrected chi connectivity index (χ0v) is 19.4. The maximum atomic E-state index is 6.04. The van der Waals surface area contributed by atoms with Crippen LogP contribution in [-0.4, -0.2) is 38.3 Å². The Morgan fingerprint density at radius 1 is 1.07 bits per heavy atom. The molecule has 3 rings (SSSR count). The van der Waals surface area contributed by atoms with E-state index in [1.807, 2.05) is 5.38 Å². The molecule has 0 aliphatic carbocycles. The molecule has 0 spiro atoms. The summed E-state index contributed by atoms with van der Waals surface area (Å²) in [4.78, 5) is 2.47. The summed E-state index contributed by atoms with van der Waals surface area (Å²) in [7, 11) is -1.38. The van der Waals surface area contributed by atoms with Crippen LogP contribution in [0.4, 0.5) is 0 Å². The number of ether oxygens (including phenoxy) is 2. The Labute approximate surface area is 174 Å². The van der Waals surface area contributed by atoms with Gasteiger partial charge in [0.25, 0.3) is 0 Å². The summed E-state index contributed by atoms with van der Waals surface area (Å²) in [5.41, 5.74) is 6.95. The van der Waals surface area contributed by atoms with Gasteiger partial charge in [-0.05, 0) is 25.0 Å². The van der Waals surface area contributed by atoms with Crippen molar-refractivity contribution >= 4 is 19.4 Å². The van der Waals surface area contributed by atoms with Gasteiger partial charge in [-0.3, -0.25) is 4.90 Å². The Balaban J connectivity index is 1.55. The summed E-state index contributed by atoms with van der Waals surface area (Å²) >= 11 is 1.65. The molecule has 3 nitrogen and oxygen atoms in total. The van der Waals surface area contributed by atoms with Crippen LogP contribution in [0.5, 0.6) is 5.75 Å². The third kappa shape index (κ3) is 6.49. The average Bonchev–Trinajstić information content (AvgIpc) is 3.05. The first-order valence-electron chi connectivity index (χ1n) is 9.96. The van der Waals surface area contributed by atoms with Crippen molar-refractivity contribution < 1.29 is 9.47 Å². The molecule has 28 heavy (non-hydrogen) atoms. The quantitative estimate of drug-likeness (QED) is 0.499. The Bertz CT molecular complexity index is 819. The zero-order valence-electron chi connectivity index (χ0n) is 17.6. The number of nitrogens with zero attached hydrogens (tertiary/aromatic N) is 1. The van der Waals surface area contributed by atoms with Crippen LogP contribution < -0.4 is 4.74 Å². The standard InChI is InChI=1S/C23H31NO2SSi/c1-18-12-24(13-19(2)26-18)14-20-6-8-21(9-7-20)15-25-23-17-27-16-22(23)10-11-28(3,4)5/h6-9,16-19H,12-15H2,1-5H3/t18-,19+. The van der Waals surface area contributed by atoms with Crippen LogP contribution in [0.3, 0.4) is 0 Å². The third-order valence-electron chi connectivity index (χ3n) is 4.52. The predicted octanol–water partition coefficient (Wildman–Crippen LogP) is 5.17. The van der Waals surface area contributed by atoms with Gasteiger partial charge in [0.2, 0.25) is 0 Å². The molecule has 150 valence electrons. The van der Waals surface area contributed by atoms with Gasteiger partial charge in [0.15, 0.2) is 0 Å². The lowest BCUT2D eigenvalue weighted by Gasteiger charge is -2.35. The van der Waals surface area contributed by atoms with Gasteiger partial charge in [-0.25, -0.2) is 0 Å². The largest absolute Gasteiger partial charge is 0.487 e. The number of benzene rings is 1. The van der Waals surface area contributed by atoms with Gasteiger partial charge >= 0.3 is 0 Å². The normalized spacial score (nSPS) is 20.5. The van der Waals surface area contributed by atoms with E-state index in [2.05, 4.69) is 79.5 Å². The Hall–Kier alpha value is -1.58. The Kier molecular flexibility index (Phi) is 7.00. The summed E-state index contributed by atoms with van der Waals surface area (Å²) in [5.74, 6) is 4.21. The molecule has 5 heteroatoms. The van der Waals surface area contributed by atoms with Crippen LogP contribution in [-0.2, 0) is 17.9 Å². The van der Waals surface area contributed by atoms with Crippen molar-refractivity contribution in [1.82, 2.24) is 4.90 Å². The van der Waals surface area contributed by atoms with E-state index in [1.165, 1.54) is 11.1 Å². The van der Waals surface area contributed by atoms with Gasteiger partial charge in [-0.1, -0.05) is 49.8 Å². The first kappa shape index (κ1) is 21.1. The van der Waals surface area contributed by atoms with E-state index in [4.69, 9.17) is 9.47 Å². The minimum absolute atomic E-state index is 0.306. The minimum Gasteiger partial charge on any atom is -0.487 e. The van der Waals surface area contributed by atoms with Crippen LogP contribution in [0.25, 0.3) is 0 Å². The highest BCUT2D eigenvalue weighted by Gasteiger charge is 2.21. The molecule has 1 aromatic heterocycles. The lowest BCUT2D eigenvalue weighted by molar-refractivity contribution is -0.0704. The van der Waals surface area contributed by atoms with Crippen molar-refractivity contribution in [2.75, 3.05) is 13.1 Å². The molecular weight excluding hydrogens is 382 g/mol. The fraction of sp³-hybridized carbons (Fsp3) is 0.478. The summed E-state index contributed by atoms with van der Waals surface area (Å²) in [6.45, 7) is 14.6. The highest BCUT2D eigenvalue weighted by Crippen LogP contribution is 2.24. The second-order valence-corrected chi connectivity index (χ2v) is 14.2. The molecule has 1 saturated heterocycles. The lowest BCUT2D eigenvalue weighted by atomic mass is 10.1. The van der Waals surface area contributed by atoms with Crippen molar-refractivity contribution in [3.63, 3.8) is 0 Å². The minimum atomic E-state index is -1.38. The zero-order chi connectivity index (χ0) is 20.1. The molecule has 0 bridgehead atoms. The third-order valence-corrected chi connectivity index (χ3v) is 6.11. The molecule has 1 fully saturated rings. The maximum Gasteiger partial charge on any atom is 0.146 e.